The van der Waals surface area contributed by atoms with E-state index >= 15 is 8.78 Å². The zero-order chi connectivity index (χ0) is 31.1. The van der Waals surface area contributed by atoms with Crippen LogP contribution in [-0.4, -0.2) is 66.3 Å². The van der Waals surface area contributed by atoms with Crippen LogP contribution >= 0.6 is 11.6 Å². The first-order chi connectivity index (χ1) is 20.4. The maximum absolute atomic E-state index is 15.9. The van der Waals surface area contributed by atoms with Crippen molar-refractivity contribution in [1.29, 1.82) is 0 Å². The molecular formula is C30H34ClF3N4O4S. The molecule has 1 unspecified atom stereocenters. The first kappa shape index (κ1) is 31.2. The van der Waals surface area contributed by atoms with E-state index in [-0.39, 0.29) is 22.7 Å². The molecule has 1 aliphatic carbocycles. The maximum Gasteiger partial charge on any atom is 0.271 e. The SMILES string of the molecule is COc1ccc(CN(c2cccc(F)n2)S(=O)(=O)c2c(F)cc(N3CC4(CCCC4CN(C)C)C3)c(Cl)c2F)c(OC)c1. The number of nitrogens with zero attached hydrogens (tertiary/aromatic N) is 4. The Hall–Kier alpha value is -3.22. The molecule has 13 heteroatoms. The Morgan fingerprint density at radius 2 is 1.84 bits per heavy atom. The molecule has 2 aliphatic rings. The minimum Gasteiger partial charge on any atom is -0.497 e. The number of hydrogen-bond donors (Lipinski definition) is 0. The number of benzene rings is 2. The van der Waals surface area contributed by atoms with Crippen molar-refractivity contribution in [3.63, 3.8) is 0 Å². The van der Waals surface area contributed by atoms with Gasteiger partial charge in [-0.15, -0.1) is 0 Å². The molecule has 43 heavy (non-hydrogen) atoms. The van der Waals surface area contributed by atoms with Gasteiger partial charge in [0.25, 0.3) is 10.0 Å². The monoisotopic (exact) mass is 638 g/mol. The molecule has 1 aromatic heterocycles. The number of methoxy groups -OCH3 is 2. The van der Waals surface area contributed by atoms with Crippen LogP contribution in [0.4, 0.5) is 24.7 Å². The smallest absolute Gasteiger partial charge is 0.271 e. The normalized spacial score (nSPS) is 17.8. The van der Waals surface area contributed by atoms with Gasteiger partial charge in [-0.25, -0.2) is 26.5 Å². The molecule has 3 aromatic rings. The summed E-state index contributed by atoms with van der Waals surface area (Å²) in [5, 5.41) is -0.494. The van der Waals surface area contributed by atoms with Gasteiger partial charge in [0.05, 0.1) is 26.5 Å². The van der Waals surface area contributed by atoms with Gasteiger partial charge in [-0.2, -0.15) is 4.39 Å². The fourth-order valence-electron chi connectivity index (χ4n) is 6.34. The van der Waals surface area contributed by atoms with E-state index in [2.05, 4.69) is 9.88 Å². The minimum absolute atomic E-state index is 0.0303. The highest BCUT2D eigenvalue weighted by Gasteiger charge is 2.52. The number of anilines is 2. The van der Waals surface area contributed by atoms with E-state index in [0.717, 1.165) is 37.9 Å². The zero-order valence-corrected chi connectivity index (χ0v) is 26.0. The predicted octanol–water partition coefficient (Wildman–Crippen LogP) is 5.73. The van der Waals surface area contributed by atoms with Crippen molar-refractivity contribution < 1.29 is 31.1 Å². The Morgan fingerprint density at radius 1 is 1.09 bits per heavy atom. The molecular weight excluding hydrogens is 605 g/mol. The molecule has 5 rings (SSSR count). The standard InChI is InChI=1S/C30H34ClF3N4O4S/c1-36(2)16-20-7-6-12-30(20)17-37(18-30)23-14-22(32)29(28(34)27(23)31)43(39,40)38(26-9-5-8-25(33)35-26)15-19-10-11-21(41-3)13-24(19)42-4/h5,8-11,13-14,20H,6-7,12,15-18H2,1-4H3. The van der Waals surface area contributed by atoms with Crippen LogP contribution in [0.5, 0.6) is 11.5 Å². The lowest BCUT2D eigenvalue weighted by Gasteiger charge is -2.53. The molecule has 8 nitrogen and oxygen atoms in total. The van der Waals surface area contributed by atoms with Crippen LogP contribution in [-0.2, 0) is 16.6 Å². The van der Waals surface area contributed by atoms with Gasteiger partial charge in [0, 0.05) is 42.7 Å². The van der Waals surface area contributed by atoms with Crippen molar-refractivity contribution in [2.24, 2.45) is 11.3 Å². The molecule has 2 fully saturated rings. The molecule has 0 bridgehead atoms. The first-order valence-electron chi connectivity index (χ1n) is 13.8. The highest BCUT2D eigenvalue weighted by molar-refractivity contribution is 7.92. The fourth-order valence-corrected chi connectivity index (χ4v) is 8.18. The molecule has 2 heterocycles. The second-order valence-corrected chi connectivity index (χ2v) is 13.6. The zero-order valence-electron chi connectivity index (χ0n) is 24.4. The van der Waals surface area contributed by atoms with Crippen molar-refractivity contribution in [3.05, 3.63) is 70.6 Å². The van der Waals surface area contributed by atoms with Crippen LogP contribution in [0.25, 0.3) is 0 Å². The van der Waals surface area contributed by atoms with Crippen LogP contribution in [0.15, 0.2) is 47.4 Å². The summed E-state index contributed by atoms with van der Waals surface area (Å²) >= 11 is 6.43. The van der Waals surface area contributed by atoms with Crippen molar-refractivity contribution in [2.45, 2.75) is 30.7 Å². The third-order valence-electron chi connectivity index (χ3n) is 8.44. The van der Waals surface area contributed by atoms with Gasteiger partial charge in [0.1, 0.15) is 28.2 Å². The summed E-state index contributed by atoms with van der Waals surface area (Å²) in [7, 11) is 1.87. The first-order valence-corrected chi connectivity index (χ1v) is 15.7. The van der Waals surface area contributed by atoms with E-state index < -0.39 is 44.1 Å². The van der Waals surface area contributed by atoms with Gasteiger partial charge < -0.3 is 19.3 Å². The molecule has 0 radical (unpaired) electrons. The summed E-state index contributed by atoms with van der Waals surface area (Å²) in [6.07, 6.45) is 3.19. The van der Waals surface area contributed by atoms with Gasteiger partial charge >= 0.3 is 0 Å². The van der Waals surface area contributed by atoms with E-state index in [0.29, 0.717) is 34.6 Å². The van der Waals surface area contributed by atoms with E-state index in [9.17, 15) is 12.8 Å². The van der Waals surface area contributed by atoms with E-state index in [1.165, 1.54) is 38.5 Å². The number of sulfonamides is 1. The number of rotatable bonds is 10. The van der Waals surface area contributed by atoms with Gasteiger partial charge in [0.15, 0.2) is 10.7 Å². The average molecular weight is 639 g/mol. The van der Waals surface area contributed by atoms with Crippen molar-refractivity contribution in [3.8, 4) is 11.5 Å². The molecule has 1 saturated heterocycles. The quantitative estimate of drug-likeness (QED) is 0.207. The Morgan fingerprint density at radius 3 is 2.49 bits per heavy atom. The number of halogens is 4. The highest BCUT2D eigenvalue weighted by atomic mass is 35.5. The number of hydrogen-bond acceptors (Lipinski definition) is 7. The molecule has 232 valence electrons. The third-order valence-corrected chi connectivity index (χ3v) is 10.6. The Balaban J connectivity index is 1.52. The van der Waals surface area contributed by atoms with Crippen LogP contribution in [0.1, 0.15) is 24.8 Å². The van der Waals surface area contributed by atoms with Crippen molar-refractivity contribution in [2.75, 3.05) is 57.2 Å². The fraction of sp³-hybridized carbons (Fsp3) is 0.433. The molecule has 0 N–H and O–H groups in total. The van der Waals surface area contributed by atoms with Crippen LogP contribution < -0.4 is 18.7 Å². The van der Waals surface area contributed by atoms with Crippen molar-refractivity contribution in [1.82, 2.24) is 9.88 Å². The molecule has 0 amide bonds. The molecule has 1 aliphatic heterocycles. The summed E-state index contributed by atoms with van der Waals surface area (Å²) in [5.41, 5.74) is 0.447. The summed E-state index contributed by atoms with van der Waals surface area (Å²) in [4.78, 5) is 6.39. The van der Waals surface area contributed by atoms with Gasteiger partial charge in [-0.1, -0.05) is 24.1 Å². The second-order valence-electron chi connectivity index (χ2n) is 11.4. The largest absolute Gasteiger partial charge is 0.497 e. The van der Waals surface area contributed by atoms with Crippen LogP contribution in [0.2, 0.25) is 5.02 Å². The maximum atomic E-state index is 15.9. The number of ether oxygens (including phenoxy) is 2. The summed E-state index contributed by atoms with van der Waals surface area (Å²) in [6, 6.07) is 9.11. The van der Waals surface area contributed by atoms with E-state index in [1.807, 2.05) is 14.1 Å². The van der Waals surface area contributed by atoms with Crippen LogP contribution in [0.3, 0.4) is 0 Å². The topological polar surface area (TPSA) is 75.2 Å². The minimum atomic E-state index is -5.01. The van der Waals surface area contributed by atoms with Gasteiger partial charge in [0.2, 0.25) is 5.95 Å². The van der Waals surface area contributed by atoms with E-state index in [1.54, 1.807) is 11.0 Å². The second kappa shape index (κ2) is 12.0. The summed E-state index contributed by atoms with van der Waals surface area (Å²) in [5.74, 6) is -2.94. The van der Waals surface area contributed by atoms with E-state index in [4.69, 9.17) is 21.1 Å². The summed E-state index contributed by atoms with van der Waals surface area (Å²) in [6.45, 7) is 1.59. The Labute approximate surface area is 255 Å². The molecule has 1 saturated carbocycles. The molecule has 2 aromatic carbocycles. The lowest BCUT2D eigenvalue weighted by atomic mass is 9.71. The van der Waals surface area contributed by atoms with Gasteiger partial charge in [-0.3, -0.25) is 0 Å². The lowest BCUT2D eigenvalue weighted by Crippen LogP contribution is -2.59. The highest BCUT2D eigenvalue weighted by Crippen LogP contribution is 2.52. The Kier molecular flexibility index (Phi) is 8.75. The van der Waals surface area contributed by atoms with Gasteiger partial charge in [-0.05, 0) is 57.1 Å². The Bertz CT molecular complexity index is 1620. The lowest BCUT2D eigenvalue weighted by molar-refractivity contribution is 0.118. The molecule has 1 spiro atoms. The molecule has 1 atom stereocenters. The average Bonchev–Trinajstić information content (AvgIpc) is 3.35. The third kappa shape index (κ3) is 5.84. The number of aromatic nitrogens is 1. The van der Waals surface area contributed by atoms with Crippen molar-refractivity contribution >= 4 is 33.1 Å². The number of pyridine rings is 1. The van der Waals surface area contributed by atoms with Crippen LogP contribution in [0, 0.1) is 28.9 Å². The predicted molar refractivity (Wildman–Crippen MR) is 159 cm³/mol. The summed E-state index contributed by atoms with van der Waals surface area (Å²) < 4.78 is 85.2.